The van der Waals surface area contributed by atoms with Gasteiger partial charge in [-0.2, -0.15) is 0 Å². The van der Waals surface area contributed by atoms with Crippen LogP contribution in [0.4, 0.5) is 0 Å². The molecular formula is C16H18O2Te. The van der Waals surface area contributed by atoms with Crippen LogP contribution in [0.25, 0.3) is 0 Å². The summed E-state index contributed by atoms with van der Waals surface area (Å²) in [6.07, 6.45) is 0. The summed E-state index contributed by atoms with van der Waals surface area (Å²) in [5.41, 5.74) is 2.47. The Bertz CT molecular complexity index is 401. The second-order valence-corrected chi connectivity index (χ2v) is 6.62. The molecule has 0 saturated heterocycles. The van der Waals surface area contributed by atoms with Crippen molar-refractivity contribution >= 4 is 20.9 Å². The first-order chi connectivity index (χ1) is 9.45. The van der Waals surface area contributed by atoms with E-state index in [1.807, 2.05) is 36.4 Å². The van der Waals surface area contributed by atoms with Crippen molar-refractivity contribution in [2.75, 3.05) is 9.31 Å². The molecule has 2 nitrogen and oxygen atoms in total. The number of ether oxygens (including phenoxy) is 2. The zero-order valence-corrected chi connectivity index (χ0v) is 13.2. The molecule has 100 valence electrons. The van der Waals surface area contributed by atoms with E-state index >= 15 is 0 Å². The van der Waals surface area contributed by atoms with E-state index in [1.54, 1.807) is 0 Å². The Morgan fingerprint density at radius 2 is 1.05 bits per heavy atom. The Kier molecular flexibility index (Phi) is 6.98. The second kappa shape index (κ2) is 9.12. The van der Waals surface area contributed by atoms with Crippen molar-refractivity contribution in [3.8, 4) is 0 Å². The van der Waals surface area contributed by atoms with Crippen LogP contribution in [-0.2, 0) is 22.7 Å². The van der Waals surface area contributed by atoms with Gasteiger partial charge < -0.3 is 0 Å². The molecule has 19 heavy (non-hydrogen) atoms. The Balaban J connectivity index is 1.49. The van der Waals surface area contributed by atoms with Gasteiger partial charge in [-0.05, 0) is 0 Å². The predicted octanol–water partition coefficient (Wildman–Crippen LogP) is 3.04. The van der Waals surface area contributed by atoms with Crippen LogP contribution in [0.1, 0.15) is 11.1 Å². The summed E-state index contributed by atoms with van der Waals surface area (Å²) in [5.74, 6) is 0. The van der Waals surface area contributed by atoms with Gasteiger partial charge in [0, 0.05) is 0 Å². The van der Waals surface area contributed by atoms with Crippen molar-refractivity contribution in [3.63, 3.8) is 0 Å². The minimum atomic E-state index is -0.188. The van der Waals surface area contributed by atoms with E-state index in [0.29, 0.717) is 13.2 Å². The first-order valence-electron chi connectivity index (χ1n) is 6.26. The molecule has 0 unspecified atom stereocenters. The molecule has 0 aliphatic carbocycles. The van der Waals surface area contributed by atoms with Crippen molar-refractivity contribution in [1.29, 1.82) is 0 Å². The zero-order valence-electron chi connectivity index (χ0n) is 10.8. The van der Waals surface area contributed by atoms with Gasteiger partial charge in [-0.3, -0.25) is 0 Å². The average molecular weight is 370 g/mol. The first-order valence-corrected chi connectivity index (χ1v) is 9.56. The van der Waals surface area contributed by atoms with Gasteiger partial charge in [0.05, 0.1) is 0 Å². The molecule has 0 amide bonds. The SMILES string of the molecule is c1ccc(COC[Te]COCc2ccccc2)cc1. The quantitative estimate of drug-likeness (QED) is 0.526. The summed E-state index contributed by atoms with van der Waals surface area (Å²) < 4.78 is 13.0. The predicted molar refractivity (Wildman–Crippen MR) is 78.0 cm³/mol. The maximum atomic E-state index is 5.65. The summed E-state index contributed by atoms with van der Waals surface area (Å²) >= 11 is -0.188. The molecule has 0 atom stereocenters. The molecule has 0 spiro atoms. The van der Waals surface area contributed by atoms with E-state index in [0.717, 1.165) is 9.31 Å². The van der Waals surface area contributed by atoms with Crippen LogP contribution in [0.2, 0.25) is 0 Å². The summed E-state index contributed by atoms with van der Waals surface area (Å²) in [6, 6.07) is 20.6. The molecule has 2 rings (SSSR count). The number of hydrogen-bond donors (Lipinski definition) is 0. The van der Waals surface area contributed by atoms with Gasteiger partial charge in [0.2, 0.25) is 0 Å². The fraction of sp³-hybridized carbons (Fsp3) is 0.250. The van der Waals surface area contributed by atoms with Crippen molar-refractivity contribution in [2.24, 2.45) is 0 Å². The van der Waals surface area contributed by atoms with Crippen molar-refractivity contribution in [3.05, 3.63) is 71.8 Å². The summed E-state index contributed by atoms with van der Waals surface area (Å²) in [6.45, 7) is 1.43. The molecular weight excluding hydrogens is 352 g/mol. The molecule has 0 aliphatic heterocycles. The standard InChI is InChI=1S/C16H18O2Te/c1-3-7-15(8-4-1)11-17-13-19-14-18-12-16-9-5-2-6-10-16/h1-10H,11-14H2. The molecule has 0 aromatic heterocycles. The molecule has 0 saturated carbocycles. The maximum absolute atomic E-state index is 5.65. The van der Waals surface area contributed by atoms with E-state index in [1.165, 1.54) is 11.1 Å². The van der Waals surface area contributed by atoms with Crippen molar-refractivity contribution < 1.29 is 9.47 Å². The second-order valence-electron chi connectivity index (χ2n) is 4.11. The van der Waals surface area contributed by atoms with E-state index in [2.05, 4.69) is 24.3 Å². The number of benzene rings is 2. The summed E-state index contributed by atoms with van der Waals surface area (Å²) in [4.78, 5) is 0. The van der Waals surface area contributed by atoms with Gasteiger partial charge in [0.25, 0.3) is 0 Å². The van der Waals surface area contributed by atoms with E-state index < -0.39 is 0 Å². The third-order valence-corrected chi connectivity index (χ3v) is 4.46. The van der Waals surface area contributed by atoms with Crippen LogP contribution in [0.3, 0.4) is 0 Å². The van der Waals surface area contributed by atoms with Crippen molar-refractivity contribution in [1.82, 2.24) is 0 Å². The number of hydrogen-bond acceptors (Lipinski definition) is 2. The molecule has 0 fully saturated rings. The van der Waals surface area contributed by atoms with Crippen LogP contribution in [-0.4, -0.2) is 30.2 Å². The minimum absolute atomic E-state index is 0.188. The van der Waals surface area contributed by atoms with Crippen LogP contribution >= 0.6 is 0 Å². The van der Waals surface area contributed by atoms with Crippen LogP contribution in [0.15, 0.2) is 60.7 Å². The van der Waals surface area contributed by atoms with Gasteiger partial charge in [-0.1, -0.05) is 0 Å². The Hall–Kier alpha value is -0.850. The van der Waals surface area contributed by atoms with E-state index in [-0.39, 0.29) is 20.9 Å². The molecule has 0 aliphatic rings. The Labute approximate surface area is 124 Å². The summed E-state index contributed by atoms with van der Waals surface area (Å²) in [7, 11) is 0. The number of rotatable bonds is 8. The van der Waals surface area contributed by atoms with Gasteiger partial charge >= 0.3 is 125 Å². The van der Waals surface area contributed by atoms with Crippen molar-refractivity contribution in [2.45, 2.75) is 13.2 Å². The third kappa shape index (κ3) is 6.22. The molecule has 0 N–H and O–H groups in total. The fourth-order valence-electron chi connectivity index (χ4n) is 1.62. The van der Waals surface area contributed by atoms with Crippen LogP contribution < -0.4 is 0 Å². The molecule has 0 radical (unpaired) electrons. The topological polar surface area (TPSA) is 18.5 Å². The van der Waals surface area contributed by atoms with Gasteiger partial charge in [0.1, 0.15) is 0 Å². The Morgan fingerprint density at radius 3 is 1.47 bits per heavy atom. The van der Waals surface area contributed by atoms with E-state index in [4.69, 9.17) is 9.47 Å². The first kappa shape index (κ1) is 14.6. The summed E-state index contributed by atoms with van der Waals surface area (Å²) in [5, 5.41) is 0. The fourth-order valence-corrected chi connectivity index (χ4v) is 2.96. The van der Waals surface area contributed by atoms with Crippen LogP contribution in [0.5, 0.6) is 0 Å². The average Bonchev–Trinajstić information content (AvgIpc) is 2.48. The van der Waals surface area contributed by atoms with Crippen LogP contribution in [0, 0.1) is 0 Å². The molecule has 0 heterocycles. The van der Waals surface area contributed by atoms with Gasteiger partial charge in [0.15, 0.2) is 0 Å². The zero-order chi connectivity index (χ0) is 13.2. The molecule has 0 bridgehead atoms. The Morgan fingerprint density at radius 1 is 0.632 bits per heavy atom. The van der Waals surface area contributed by atoms with Gasteiger partial charge in [-0.25, -0.2) is 0 Å². The molecule has 2 aromatic rings. The molecule has 2 aromatic carbocycles. The van der Waals surface area contributed by atoms with E-state index in [9.17, 15) is 0 Å². The normalized spacial score (nSPS) is 10.5. The monoisotopic (exact) mass is 372 g/mol. The molecule has 3 heteroatoms. The third-order valence-electron chi connectivity index (χ3n) is 2.56. The van der Waals surface area contributed by atoms with Gasteiger partial charge in [-0.15, -0.1) is 0 Å².